The summed E-state index contributed by atoms with van der Waals surface area (Å²) < 4.78 is 0. The Kier molecular flexibility index (Phi) is 8.82. The highest BCUT2D eigenvalue weighted by molar-refractivity contribution is 5.63. The monoisotopic (exact) mass is 222 g/mol. The van der Waals surface area contributed by atoms with Crippen LogP contribution in [0.5, 0.6) is 0 Å². The Morgan fingerprint density at radius 1 is 1.31 bits per heavy atom. The van der Waals surface area contributed by atoms with Crippen LogP contribution < -0.4 is 5.73 Å². The molecule has 0 aliphatic carbocycles. The second kappa shape index (κ2) is 9.34. The average molecular weight is 222 g/mol. The van der Waals surface area contributed by atoms with Crippen LogP contribution in [0.25, 0.3) is 0 Å². The molecule has 0 aliphatic heterocycles. The SMILES string of the molecule is C/C=C\C(=C/CCC(C)C)CN=CC(C)N. The van der Waals surface area contributed by atoms with Gasteiger partial charge in [0.1, 0.15) is 0 Å². The van der Waals surface area contributed by atoms with Gasteiger partial charge in [0.25, 0.3) is 0 Å². The van der Waals surface area contributed by atoms with Crippen LogP contribution >= 0.6 is 0 Å². The number of allylic oxidation sites excluding steroid dienone is 2. The molecule has 92 valence electrons. The molecule has 1 unspecified atom stereocenters. The van der Waals surface area contributed by atoms with Gasteiger partial charge in [0.15, 0.2) is 0 Å². The predicted molar refractivity (Wildman–Crippen MR) is 74.0 cm³/mol. The summed E-state index contributed by atoms with van der Waals surface area (Å²) in [5, 5.41) is 0. The number of aliphatic imine (C=N–C) groups is 1. The highest BCUT2D eigenvalue weighted by atomic mass is 14.7. The van der Waals surface area contributed by atoms with Crippen LogP contribution in [0.4, 0.5) is 0 Å². The van der Waals surface area contributed by atoms with Crippen molar-refractivity contribution in [3.8, 4) is 0 Å². The highest BCUT2D eigenvalue weighted by Crippen LogP contribution is 2.07. The molecular weight excluding hydrogens is 196 g/mol. The van der Waals surface area contributed by atoms with E-state index < -0.39 is 0 Å². The van der Waals surface area contributed by atoms with Crippen molar-refractivity contribution in [2.75, 3.05) is 6.54 Å². The van der Waals surface area contributed by atoms with E-state index in [9.17, 15) is 0 Å². The molecule has 0 radical (unpaired) electrons. The second-order valence-corrected chi connectivity index (χ2v) is 4.60. The Hall–Kier alpha value is -0.890. The molecule has 0 aliphatic rings. The van der Waals surface area contributed by atoms with Crippen molar-refractivity contribution in [1.29, 1.82) is 0 Å². The molecule has 0 bridgehead atoms. The lowest BCUT2D eigenvalue weighted by Crippen LogP contribution is -2.16. The molecule has 0 spiro atoms. The highest BCUT2D eigenvalue weighted by Gasteiger charge is 1.94. The lowest BCUT2D eigenvalue weighted by molar-refractivity contribution is 0.593. The fourth-order valence-electron chi connectivity index (χ4n) is 1.33. The third kappa shape index (κ3) is 9.66. The van der Waals surface area contributed by atoms with Gasteiger partial charge in [-0.2, -0.15) is 0 Å². The van der Waals surface area contributed by atoms with Crippen LogP contribution in [-0.4, -0.2) is 18.8 Å². The van der Waals surface area contributed by atoms with Crippen LogP contribution in [0.15, 0.2) is 28.8 Å². The van der Waals surface area contributed by atoms with E-state index in [0.717, 1.165) is 18.9 Å². The summed E-state index contributed by atoms with van der Waals surface area (Å²) in [5.74, 6) is 0.760. The Morgan fingerprint density at radius 3 is 2.50 bits per heavy atom. The second-order valence-electron chi connectivity index (χ2n) is 4.60. The van der Waals surface area contributed by atoms with Crippen LogP contribution in [0, 0.1) is 5.92 Å². The van der Waals surface area contributed by atoms with Crippen molar-refractivity contribution in [3.63, 3.8) is 0 Å². The molecule has 0 amide bonds. The van der Waals surface area contributed by atoms with E-state index in [4.69, 9.17) is 5.73 Å². The van der Waals surface area contributed by atoms with Gasteiger partial charge in [0.2, 0.25) is 0 Å². The zero-order valence-electron chi connectivity index (χ0n) is 11.1. The average Bonchev–Trinajstić information content (AvgIpc) is 2.16. The fraction of sp³-hybridized carbons (Fsp3) is 0.643. The molecule has 0 aromatic carbocycles. The Balaban J connectivity index is 4.15. The van der Waals surface area contributed by atoms with Crippen LogP contribution in [0.3, 0.4) is 0 Å². The van der Waals surface area contributed by atoms with Crippen molar-refractivity contribution in [2.45, 2.75) is 46.6 Å². The number of hydrogen-bond donors (Lipinski definition) is 1. The summed E-state index contributed by atoms with van der Waals surface area (Å²) in [7, 11) is 0. The lowest BCUT2D eigenvalue weighted by atomic mass is 10.1. The van der Waals surface area contributed by atoms with Gasteiger partial charge in [-0.1, -0.05) is 32.1 Å². The van der Waals surface area contributed by atoms with E-state index in [1.165, 1.54) is 12.0 Å². The summed E-state index contributed by atoms with van der Waals surface area (Å²) in [5.41, 5.74) is 6.88. The molecule has 2 heteroatoms. The lowest BCUT2D eigenvalue weighted by Gasteiger charge is -2.02. The van der Waals surface area contributed by atoms with Crippen LogP contribution in [0.1, 0.15) is 40.5 Å². The molecule has 0 fully saturated rings. The fourth-order valence-corrected chi connectivity index (χ4v) is 1.33. The van der Waals surface area contributed by atoms with E-state index in [1.807, 2.05) is 13.8 Å². The molecule has 0 aromatic rings. The summed E-state index contributed by atoms with van der Waals surface area (Å²) >= 11 is 0. The number of hydrogen-bond acceptors (Lipinski definition) is 2. The summed E-state index contributed by atoms with van der Waals surface area (Å²) in [6, 6.07) is 0.0440. The minimum absolute atomic E-state index is 0.0440. The van der Waals surface area contributed by atoms with Gasteiger partial charge >= 0.3 is 0 Å². The van der Waals surface area contributed by atoms with Crippen molar-refractivity contribution < 1.29 is 0 Å². The van der Waals surface area contributed by atoms with Gasteiger partial charge in [-0.15, -0.1) is 0 Å². The van der Waals surface area contributed by atoms with Crippen molar-refractivity contribution >= 4 is 6.21 Å². The van der Waals surface area contributed by atoms with Crippen molar-refractivity contribution in [2.24, 2.45) is 16.6 Å². The first-order chi connectivity index (χ1) is 7.56. The van der Waals surface area contributed by atoms with E-state index >= 15 is 0 Å². The molecule has 16 heavy (non-hydrogen) atoms. The van der Waals surface area contributed by atoms with Gasteiger partial charge in [0, 0.05) is 12.3 Å². The summed E-state index contributed by atoms with van der Waals surface area (Å²) in [6.07, 6.45) is 10.6. The van der Waals surface area contributed by atoms with Gasteiger partial charge in [0.05, 0.1) is 6.54 Å². The summed E-state index contributed by atoms with van der Waals surface area (Å²) in [4.78, 5) is 4.32. The molecule has 0 saturated carbocycles. The first-order valence-electron chi connectivity index (χ1n) is 6.13. The molecule has 1 atom stereocenters. The van der Waals surface area contributed by atoms with Crippen molar-refractivity contribution in [1.82, 2.24) is 0 Å². The normalized spacial score (nSPS) is 15.5. The molecule has 0 rings (SSSR count). The van der Waals surface area contributed by atoms with E-state index in [-0.39, 0.29) is 6.04 Å². The topological polar surface area (TPSA) is 38.4 Å². The van der Waals surface area contributed by atoms with Gasteiger partial charge < -0.3 is 5.73 Å². The number of nitrogens with two attached hydrogens (primary N) is 1. The Bertz CT molecular complexity index is 247. The maximum atomic E-state index is 5.61. The third-order valence-corrected chi connectivity index (χ3v) is 2.15. The van der Waals surface area contributed by atoms with E-state index in [1.54, 1.807) is 6.21 Å². The minimum atomic E-state index is 0.0440. The maximum Gasteiger partial charge on any atom is 0.0633 e. The quantitative estimate of drug-likeness (QED) is 0.520. The molecule has 0 saturated heterocycles. The van der Waals surface area contributed by atoms with Crippen LogP contribution in [-0.2, 0) is 0 Å². The molecule has 2 N–H and O–H groups in total. The smallest absolute Gasteiger partial charge is 0.0633 e. The maximum absolute atomic E-state index is 5.61. The first kappa shape index (κ1) is 15.1. The standard InChI is InChI=1S/C14H26N2/c1-5-7-14(9-6-8-12(2)3)11-16-10-13(4)15/h5,7,9-10,12-13H,6,8,11,15H2,1-4H3/b7-5-,14-9+,16-10?. The van der Waals surface area contributed by atoms with Crippen LogP contribution in [0.2, 0.25) is 0 Å². The minimum Gasteiger partial charge on any atom is -0.323 e. The van der Waals surface area contributed by atoms with Gasteiger partial charge in [-0.25, -0.2) is 0 Å². The van der Waals surface area contributed by atoms with Gasteiger partial charge in [-0.3, -0.25) is 4.99 Å². The van der Waals surface area contributed by atoms with Gasteiger partial charge in [-0.05, 0) is 38.2 Å². The zero-order chi connectivity index (χ0) is 12.4. The number of nitrogens with zero attached hydrogens (tertiary/aromatic N) is 1. The largest absolute Gasteiger partial charge is 0.323 e. The molecule has 2 nitrogen and oxygen atoms in total. The molecule has 0 heterocycles. The van der Waals surface area contributed by atoms with E-state index in [2.05, 4.69) is 37.1 Å². The third-order valence-electron chi connectivity index (χ3n) is 2.15. The zero-order valence-corrected chi connectivity index (χ0v) is 11.1. The molecular formula is C14H26N2. The van der Waals surface area contributed by atoms with Crippen molar-refractivity contribution in [3.05, 3.63) is 23.8 Å². The predicted octanol–water partition coefficient (Wildman–Crippen LogP) is 3.34. The Labute approximate surface area is 100 Å². The van der Waals surface area contributed by atoms with E-state index in [0.29, 0.717) is 0 Å². The Morgan fingerprint density at radius 2 is 2.00 bits per heavy atom. The molecule has 0 aromatic heterocycles. The number of rotatable bonds is 7. The first-order valence-corrected chi connectivity index (χ1v) is 6.13. The summed E-state index contributed by atoms with van der Waals surface area (Å²) in [6.45, 7) is 9.20.